The van der Waals surface area contributed by atoms with Crippen molar-refractivity contribution >= 4 is 28.2 Å². The number of nitrogens with two attached hydrogens (primary N) is 1. The molecule has 2 N–H and O–H groups in total. The molecule has 1 amide bonds. The number of rotatable bonds is 4. The number of amides is 1. The van der Waals surface area contributed by atoms with Gasteiger partial charge in [0.15, 0.2) is 5.13 Å². The summed E-state index contributed by atoms with van der Waals surface area (Å²) < 4.78 is 0. The van der Waals surface area contributed by atoms with Crippen molar-refractivity contribution in [2.24, 2.45) is 0 Å². The summed E-state index contributed by atoms with van der Waals surface area (Å²) in [5, 5.41) is 0.896. The van der Waals surface area contributed by atoms with E-state index in [0.29, 0.717) is 23.8 Å². The number of hydrogen-bond donors (Lipinski definition) is 1. The highest BCUT2D eigenvalue weighted by molar-refractivity contribution is 7.18. The molecule has 0 spiro atoms. The van der Waals surface area contributed by atoms with Gasteiger partial charge in [0.25, 0.3) is 5.91 Å². The number of hydrogen-bond acceptors (Lipinski definition) is 5. The second-order valence-electron chi connectivity index (χ2n) is 4.74. The Labute approximate surface area is 118 Å². The van der Waals surface area contributed by atoms with E-state index in [2.05, 4.69) is 9.88 Å². The smallest absolute Gasteiger partial charge is 0.267 e. The maximum Gasteiger partial charge on any atom is 0.267 e. The van der Waals surface area contributed by atoms with Crippen molar-refractivity contribution in [3.05, 3.63) is 4.88 Å². The molecule has 1 aliphatic heterocycles. The van der Waals surface area contributed by atoms with E-state index in [0.717, 1.165) is 18.2 Å². The number of nitrogens with zero attached hydrogens (tertiary/aromatic N) is 3. The number of carbonyl (C=O) groups is 1. The van der Waals surface area contributed by atoms with Crippen LogP contribution in [-0.2, 0) is 0 Å². The monoisotopic (exact) mass is 282 g/mol. The third-order valence-corrected chi connectivity index (χ3v) is 4.63. The first-order chi connectivity index (χ1) is 9.17. The number of nitrogen functional groups attached to an aromatic ring is 1. The Bertz CT molecular complexity index is 436. The second kappa shape index (κ2) is 6.23. The summed E-state index contributed by atoms with van der Waals surface area (Å²) >= 11 is 1.43. The summed E-state index contributed by atoms with van der Waals surface area (Å²) in [6.45, 7) is 7.39. The van der Waals surface area contributed by atoms with Crippen LogP contribution in [0.4, 0.5) is 10.9 Å². The van der Waals surface area contributed by atoms with E-state index in [1.54, 1.807) is 4.90 Å². The second-order valence-corrected chi connectivity index (χ2v) is 5.71. The molecular formula is C13H22N4OS. The van der Waals surface area contributed by atoms with E-state index in [4.69, 9.17) is 5.73 Å². The predicted octanol–water partition coefficient (Wildman–Crippen LogP) is 2.20. The predicted molar refractivity (Wildman–Crippen MR) is 79.8 cm³/mol. The van der Waals surface area contributed by atoms with Crippen molar-refractivity contribution in [2.75, 3.05) is 36.8 Å². The first-order valence-corrected chi connectivity index (χ1v) is 7.79. The van der Waals surface area contributed by atoms with Gasteiger partial charge in [-0.1, -0.05) is 11.3 Å². The lowest BCUT2D eigenvalue weighted by atomic mass is 10.1. The lowest BCUT2D eigenvalue weighted by Crippen LogP contribution is -2.30. The van der Waals surface area contributed by atoms with Crippen LogP contribution in [0.1, 0.15) is 42.8 Å². The summed E-state index contributed by atoms with van der Waals surface area (Å²) in [5.41, 5.74) is 5.92. The molecule has 0 atom stereocenters. The van der Waals surface area contributed by atoms with Crippen molar-refractivity contribution in [1.29, 1.82) is 0 Å². The zero-order chi connectivity index (χ0) is 13.8. The first-order valence-electron chi connectivity index (χ1n) is 6.97. The molecule has 1 saturated heterocycles. The van der Waals surface area contributed by atoms with Gasteiger partial charge < -0.3 is 15.5 Å². The maximum absolute atomic E-state index is 12.3. The van der Waals surface area contributed by atoms with Crippen molar-refractivity contribution in [3.63, 3.8) is 0 Å². The molecule has 0 unspecified atom stereocenters. The van der Waals surface area contributed by atoms with E-state index in [-0.39, 0.29) is 5.91 Å². The van der Waals surface area contributed by atoms with Gasteiger partial charge in [-0.25, -0.2) is 4.98 Å². The summed E-state index contributed by atoms with van der Waals surface area (Å²) in [6.07, 6.45) is 3.67. The van der Waals surface area contributed by atoms with Crippen molar-refractivity contribution in [3.8, 4) is 0 Å². The van der Waals surface area contributed by atoms with Crippen LogP contribution in [0.25, 0.3) is 0 Å². The minimum atomic E-state index is 0.00302. The Morgan fingerprint density at radius 1 is 1.32 bits per heavy atom. The zero-order valence-electron chi connectivity index (χ0n) is 11.7. The Hall–Kier alpha value is -1.30. The highest BCUT2D eigenvalue weighted by Gasteiger charge is 2.23. The molecule has 1 fully saturated rings. The molecule has 1 aromatic heterocycles. The standard InChI is InChI=1S/C13H22N4OS/c1-3-16(4-2)12(18)10-11(14)15-13(19-10)17-8-6-5-7-9-17/h3-9,14H2,1-2H3. The number of thiazole rings is 1. The van der Waals surface area contributed by atoms with Crippen molar-refractivity contribution < 1.29 is 4.79 Å². The highest BCUT2D eigenvalue weighted by atomic mass is 32.1. The van der Waals surface area contributed by atoms with E-state index >= 15 is 0 Å². The number of aromatic nitrogens is 1. The van der Waals surface area contributed by atoms with Gasteiger partial charge >= 0.3 is 0 Å². The van der Waals surface area contributed by atoms with Crippen LogP contribution in [0, 0.1) is 0 Å². The quantitative estimate of drug-likeness (QED) is 0.919. The third kappa shape index (κ3) is 3.00. The number of piperidine rings is 1. The minimum Gasteiger partial charge on any atom is -0.382 e. The number of anilines is 2. The van der Waals surface area contributed by atoms with E-state index in [1.807, 2.05) is 13.8 Å². The maximum atomic E-state index is 12.3. The fraction of sp³-hybridized carbons (Fsp3) is 0.692. The minimum absolute atomic E-state index is 0.00302. The van der Waals surface area contributed by atoms with Crippen LogP contribution >= 0.6 is 11.3 Å². The highest BCUT2D eigenvalue weighted by Crippen LogP contribution is 2.30. The molecule has 6 heteroatoms. The lowest BCUT2D eigenvalue weighted by molar-refractivity contribution is 0.0778. The van der Waals surface area contributed by atoms with E-state index < -0.39 is 0 Å². The Morgan fingerprint density at radius 2 is 1.95 bits per heavy atom. The Kier molecular flexibility index (Phi) is 4.63. The van der Waals surface area contributed by atoms with Gasteiger partial charge in [0.2, 0.25) is 0 Å². The van der Waals surface area contributed by atoms with Crippen LogP contribution in [0.3, 0.4) is 0 Å². The molecule has 19 heavy (non-hydrogen) atoms. The third-order valence-electron chi connectivity index (χ3n) is 3.51. The molecule has 0 saturated carbocycles. The van der Waals surface area contributed by atoms with Gasteiger partial charge in [-0.15, -0.1) is 0 Å². The fourth-order valence-electron chi connectivity index (χ4n) is 2.35. The summed E-state index contributed by atoms with van der Waals surface area (Å²) in [5.74, 6) is 0.380. The summed E-state index contributed by atoms with van der Waals surface area (Å²) in [4.78, 5) is 21.3. The lowest BCUT2D eigenvalue weighted by Gasteiger charge is -2.25. The van der Waals surface area contributed by atoms with Gasteiger partial charge in [0, 0.05) is 26.2 Å². The largest absolute Gasteiger partial charge is 0.382 e. The molecule has 0 aromatic carbocycles. The zero-order valence-corrected chi connectivity index (χ0v) is 12.5. The van der Waals surface area contributed by atoms with Crippen LogP contribution in [0.2, 0.25) is 0 Å². The SMILES string of the molecule is CCN(CC)C(=O)c1sc(N2CCCCC2)nc1N. The van der Waals surface area contributed by atoms with E-state index in [9.17, 15) is 4.79 Å². The first kappa shape index (κ1) is 14.1. The van der Waals surface area contributed by atoms with Crippen molar-refractivity contribution in [1.82, 2.24) is 9.88 Å². The van der Waals surface area contributed by atoms with Crippen LogP contribution in [0.15, 0.2) is 0 Å². The van der Waals surface area contributed by atoms with Crippen LogP contribution in [-0.4, -0.2) is 42.0 Å². The molecule has 0 bridgehead atoms. The summed E-state index contributed by atoms with van der Waals surface area (Å²) in [6, 6.07) is 0. The fourth-order valence-corrected chi connectivity index (χ4v) is 3.35. The molecule has 5 nitrogen and oxygen atoms in total. The molecule has 106 valence electrons. The molecule has 2 rings (SSSR count). The topological polar surface area (TPSA) is 62.5 Å². The van der Waals surface area contributed by atoms with Gasteiger partial charge in [-0.3, -0.25) is 4.79 Å². The van der Waals surface area contributed by atoms with Crippen LogP contribution < -0.4 is 10.6 Å². The average Bonchev–Trinajstić information content (AvgIpc) is 2.83. The summed E-state index contributed by atoms with van der Waals surface area (Å²) in [7, 11) is 0. The molecule has 0 radical (unpaired) electrons. The van der Waals surface area contributed by atoms with Gasteiger partial charge in [0.05, 0.1) is 0 Å². The molecular weight excluding hydrogens is 260 g/mol. The molecule has 2 heterocycles. The average molecular weight is 282 g/mol. The Balaban J connectivity index is 2.18. The molecule has 1 aliphatic rings. The number of carbonyl (C=O) groups excluding carboxylic acids is 1. The van der Waals surface area contributed by atoms with E-state index in [1.165, 1.54) is 30.6 Å². The van der Waals surface area contributed by atoms with Crippen LogP contribution in [0.5, 0.6) is 0 Å². The molecule has 1 aromatic rings. The van der Waals surface area contributed by atoms with Gasteiger partial charge in [-0.2, -0.15) is 0 Å². The molecule has 0 aliphatic carbocycles. The Morgan fingerprint density at radius 3 is 2.53 bits per heavy atom. The van der Waals surface area contributed by atoms with Crippen molar-refractivity contribution in [2.45, 2.75) is 33.1 Å². The normalized spacial score (nSPS) is 15.6. The van der Waals surface area contributed by atoms with Gasteiger partial charge in [-0.05, 0) is 33.1 Å². The van der Waals surface area contributed by atoms with Gasteiger partial charge in [0.1, 0.15) is 10.7 Å².